The van der Waals surface area contributed by atoms with Gasteiger partial charge in [0.25, 0.3) is 10.1 Å². The van der Waals surface area contributed by atoms with Crippen LogP contribution in [0.4, 0.5) is 0 Å². The lowest BCUT2D eigenvalue weighted by atomic mass is 10.1. The fourth-order valence-corrected chi connectivity index (χ4v) is 6.34. The van der Waals surface area contributed by atoms with Gasteiger partial charge in [-0.2, -0.15) is 8.42 Å². The molecule has 9 heteroatoms. The molecule has 0 spiro atoms. The molecule has 0 rings (SSSR count). The summed E-state index contributed by atoms with van der Waals surface area (Å²) < 4.78 is 47.2. The molecular formula is C15H33ClO6SSi. The minimum absolute atomic E-state index is 0.151. The van der Waals surface area contributed by atoms with Crippen molar-refractivity contribution in [1.29, 1.82) is 0 Å². The molecule has 0 aliphatic rings. The molecule has 0 bridgehead atoms. The highest BCUT2D eigenvalue weighted by Crippen LogP contribution is 2.25. The third kappa shape index (κ3) is 11.0. The van der Waals surface area contributed by atoms with E-state index < -0.39 is 18.9 Å². The van der Waals surface area contributed by atoms with E-state index >= 15 is 0 Å². The van der Waals surface area contributed by atoms with Gasteiger partial charge in [-0.1, -0.05) is 32.1 Å². The molecule has 0 saturated carbocycles. The van der Waals surface area contributed by atoms with Crippen LogP contribution in [0.5, 0.6) is 0 Å². The van der Waals surface area contributed by atoms with Gasteiger partial charge in [-0.15, -0.1) is 11.6 Å². The van der Waals surface area contributed by atoms with E-state index in [-0.39, 0.29) is 10.8 Å². The molecule has 0 saturated heterocycles. The zero-order chi connectivity index (χ0) is 18.5. The van der Waals surface area contributed by atoms with E-state index in [2.05, 4.69) is 0 Å². The van der Waals surface area contributed by atoms with Gasteiger partial charge in [0.2, 0.25) is 0 Å². The fourth-order valence-electron chi connectivity index (χ4n) is 2.49. The predicted molar refractivity (Wildman–Crippen MR) is 99.0 cm³/mol. The quantitative estimate of drug-likeness (QED) is 0.182. The molecule has 0 radical (unpaired) electrons. The Balaban J connectivity index is 4.05. The summed E-state index contributed by atoms with van der Waals surface area (Å²) in [5.41, 5.74) is 0. The standard InChI is InChI=1S/C15H33ClO6SSi/c1-4-20-24(21-5-2,22-6-3)15(16)13-11-9-7-8-10-12-14-23(17,18)19/h15H,4-14H2,1-3H3,(H,17,18,19). The van der Waals surface area contributed by atoms with Gasteiger partial charge in [-0.3, -0.25) is 4.55 Å². The maximum atomic E-state index is 10.6. The molecule has 0 aromatic carbocycles. The minimum Gasteiger partial charge on any atom is -0.373 e. The highest BCUT2D eigenvalue weighted by atomic mass is 35.5. The topological polar surface area (TPSA) is 82.1 Å². The van der Waals surface area contributed by atoms with Gasteiger partial charge in [0.15, 0.2) is 0 Å². The lowest BCUT2D eigenvalue weighted by Gasteiger charge is -2.32. The van der Waals surface area contributed by atoms with Crippen LogP contribution in [0.1, 0.15) is 65.7 Å². The van der Waals surface area contributed by atoms with Gasteiger partial charge in [0.05, 0.1) is 5.75 Å². The summed E-state index contributed by atoms with van der Waals surface area (Å²) in [4.78, 5) is 0. The number of hydrogen-bond donors (Lipinski definition) is 1. The van der Waals surface area contributed by atoms with Crippen molar-refractivity contribution in [2.24, 2.45) is 0 Å². The highest BCUT2D eigenvalue weighted by Gasteiger charge is 2.48. The number of unbranched alkanes of at least 4 members (excludes halogenated alkanes) is 5. The van der Waals surface area contributed by atoms with Gasteiger partial charge >= 0.3 is 8.80 Å². The van der Waals surface area contributed by atoms with Crippen molar-refractivity contribution in [2.75, 3.05) is 25.6 Å². The van der Waals surface area contributed by atoms with E-state index in [1.807, 2.05) is 20.8 Å². The third-order valence-electron chi connectivity index (χ3n) is 3.53. The second kappa shape index (κ2) is 13.5. The van der Waals surface area contributed by atoms with E-state index in [0.717, 1.165) is 38.5 Å². The minimum atomic E-state index is -3.82. The van der Waals surface area contributed by atoms with Gasteiger partial charge in [0.1, 0.15) is 5.00 Å². The van der Waals surface area contributed by atoms with Crippen molar-refractivity contribution in [1.82, 2.24) is 0 Å². The van der Waals surface area contributed by atoms with E-state index in [0.29, 0.717) is 26.2 Å². The Morgan fingerprint density at radius 3 is 1.71 bits per heavy atom. The van der Waals surface area contributed by atoms with Crippen LogP contribution in [0.25, 0.3) is 0 Å². The first-order valence-corrected chi connectivity index (χ1v) is 12.7. The van der Waals surface area contributed by atoms with Crippen LogP contribution < -0.4 is 0 Å². The van der Waals surface area contributed by atoms with Crippen molar-refractivity contribution < 1.29 is 26.2 Å². The number of halogens is 1. The molecular weight excluding hydrogens is 372 g/mol. The monoisotopic (exact) mass is 404 g/mol. The van der Waals surface area contributed by atoms with Crippen molar-refractivity contribution in [3.05, 3.63) is 0 Å². The second-order valence-corrected chi connectivity index (χ2v) is 10.8. The molecule has 0 aliphatic carbocycles. The smallest absolute Gasteiger partial charge is 0.373 e. The summed E-state index contributed by atoms with van der Waals surface area (Å²) in [5, 5.41) is -0.253. The maximum Gasteiger partial charge on any atom is 0.519 e. The molecule has 1 atom stereocenters. The molecule has 0 heterocycles. The van der Waals surface area contributed by atoms with E-state index in [1.165, 1.54) is 0 Å². The maximum absolute atomic E-state index is 10.6. The third-order valence-corrected chi connectivity index (χ3v) is 8.48. The van der Waals surface area contributed by atoms with Crippen molar-refractivity contribution in [3.8, 4) is 0 Å². The molecule has 0 aromatic rings. The number of rotatable bonds is 16. The van der Waals surface area contributed by atoms with Crippen molar-refractivity contribution >= 4 is 30.5 Å². The van der Waals surface area contributed by atoms with Crippen LogP contribution in [0.15, 0.2) is 0 Å². The molecule has 0 aliphatic heterocycles. The molecule has 146 valence electrons. The Kier molecular flexibility index (Phi) is 13.7. The van der Waals surface area contributed by atoms with Crippen molar-refractivity contribution in [3.63, 3.8) is 0 Å². The second-order valence-electron chi connectivity index (χ2n) is 5.57. The van der Waals surface area contributed by atoms with Gasteiger partial charge in [0, 0.05) is 19.8 Å². The first kappa shape index (κ1) is 24.3. The summed E-state index contributed by atoms with van der Waals surface area (Å²) in [6.07, 6.45) is 6.03. The Morgan fingerprint density at radius 2 is 1.29 bits per heavy atom. The summed E-state index contributed by atoms with van der Waals surface area (Å²) >= 11 is 6.54. The Labute approximate surface area is 153 Å². The Morgan fingerprint density at radius 1 is 0.875 bits per heavy atom. The van der Waals surface area contributed by atoms with Crippen LogP contribution in [0.2, 0.25) is 0 Å². The lowest BCUT2D eigenvalue weighted by molar-refractivity contribution is 0.0680. The number of hydrogen-bond acceptors (Lipinski definition) is 5. The Bertz CT molecular complexity index is 390. The zero-order valence-electron chi connectivity index (χ0n) is 15.1. The molecule has 0 fully saturated rings. The average molecular weight is 405 g/mol. The van der Waals surface area contributed by atoms with Crippen LogP contribution in [0, 0.1) is 0 Å². The van der Waals surface area contributed by atoms with Gasteiger partial charge in [-0.05, 0) is 33.6 Å². The molecule has 6 nitrogen and oxygen atoms in total. The first-order valence-electron chi connectivity index (χ1n) is 8.82. The largest absolute Gasteiger partial charge is 0.519 e. The van der Waals surface area contributed by atoms with E-state index in [1.54, 1.807) is 0 Å². The molecule has 1 N–H and O–H groups in total. The zero-order valence-corrected chi connectivity index (χ0v) is 17.7. The van der Waals surface area contributed by atoms with Gasteiger partial charge in [-0.25, -0.2) is 0 Å². The summed E-state index contributed by atoms with van der Waals surface area (Å²) in [5.74, 6) is -0.151. The highest BCUT2D eigenvalue weighted by molar-refractivity contribution is 7.85. The summed E-state index contributed by atoms with van der Waals surface area (Å²) in [7, 11) is -6.65. The fraction of sp³-hybridized carbons (Fsp3) is 1.00. The molecule has 0 amide bonds. The predicted octanol–water partition coefficient (Wildman–Crippen LogP) is 3.80. The molecule has 24 heavy (non-hydrogen) atoms. The number of alkyl halides is 1. The average Bonchev–Trinajstić information content (AvgIpc) is 2.49. The normalized spacial score (nSPS) is 14.0. The first-order chi connectivity index (χ1) is 11.3. The summed E-state index contributed by atoms with van der Waals surface area (Å²) in [6.45, 7) is 7.29. The van der Waals surface area contributed by atoms with Gasteiger partial charge < -0.3 is 13.3 Å². The van der Waals surface area contributed by atoms with E-state index in [9.17, 15) is 8.42 Å². The van der Waals surface area contributed by atoms with E-state index in [4.69, 9.17) is 29.4 Å². The molecule has 0 aromatic heterocycles. The SMILES string of the molecule is CCO[Si](OCC)(OCC)C(Cl)CCCCCCCCS(=O)(=O)O. The lowest BCUT2D eigenvalue weighted by Crippen LogP contribution is -2.54. The van der Waals surface area contributed by atoms with Crippen LogP contribution in [-0.2, 0) is 23.4 Å². The Hall–Kier alpha value is 0.297. The van der Waals surface area contributed by atoms with Crippen LogP contribution >= 0.6 is 11.6 Å². The van der Waals surface area contributed by atoms with Crippen LogP contribution in [-0.4, -0.2) is 52.3 Å². The van der Waals surface area contributed by atoms with Crippen molar-refractivity contribution in [2.45, 2.75) is 70.7 Å². The van der Waals surface area contributed by atoms with Crippen LogP contribution in [0.3, 0.4) is 0 Å². The summed E-state index contributed by atoms with van der Waals surface area (Å²) in [6, 6.07) is 0. The molecule has 1 unspecified atom stereocenters.